The van der Waals surface area contributed by atoms with Crippen LogP contribution in [-0.2, 0) is 0 Å². The maximum Gasteiger partial charge on any atom is 0.0234 e. The number of hydrogen-bond acceptors (Lipinski definition) is 8. The Balaban J connectivity index is 3.55. The molecule has 18 heavy (non-hydrogen) atoms. The summed E-state index contributed by atoms with van der Waals surface area (Å²) in [6.45, 7) is 0. The molecule has 0 aliphatic carbocycles. The molecule has 0 bridgehead atoms. The molecule has 2 unspecified atom stereocenters. The molecule has 0 aliphatic rings. The third kappa shape index (κ3) is 12.5. The molecule has 0 aromatic rings. The predicted octanol–water partition coefficient (Wildman–Crippen LogP) is 4.29. The highest BCUT2D eigenvalue weighted by Crippen LogP contribution is 2.30. The molecule has 0 saturated heterocycles. The summed E-state index contributed by atoms with van der Waals surface area (Å²) in [5.74, 6) is 8.40. The first-order valence-electron chi connectivity index (χ1n) is 5.69. The molecule has 0 N–H and O–H groups in total. The van der Waals surface area contributed by atoms with Crippen molar-refractivity contribution in [3.63, 3.8) is 0 Å². The van der Waals surface area contributed by atoms with Crippen molar-refractivity contribution in [2.24, 2.45) is 0 Å². The van der Waals surface area contributed by atoms with E-state index in [-0.39, 0.29) is 0 Å². The Morgan fingerprint density at radius 3 is 1.33 bits per heavy atom. The number of thiol groups is 4. The average Bonchev–Trinajstić information content (AvgIpc) is 2.41. The van der Waals surface area contributed by atoms with Crippen molar-refractivity contribution < 1.29 is 0 Å². The standard InChI is InChI=1S/C10H22S8/c11-1-3-15-9(5-13)7-17-18-8-10(6-14)16-4-2-12/h9-14H,1-8H2. The topological polar surface area (TPSA) is 0 Å². The summed E-state index contributed by atoms with van der Waals surface area (Å²) in [4.78, 5) is 0. The molecule has 2 atom stereocenters. The van der Waals surface area contributed by atoms with E-state index in [1.54, 1.807) is 0 Å². The highest BCUT2D eigenvalue weighted by molar-refractivity contribution is 8.76. The van der Waals surface area contributed by atoms with Crippen LogP contribution in [0, 0.1) is 0 Å². The Labute approximate surface area is 151 Å². The van der Waals surface area contributed by atoms with Crippen molar-refractivity contribution in [3.8, 4) is 0 Å². The van der Waals surface area contributed by atoms with Crippen LogP contribution in [0.3, 0.4) is 0 Å². The third-order valence-electron chi connectivity index (χ3n) is 1.89. The molecule has 0 spiro atoms. The van der Waals surface area contributed by atoms with Gasteiger partial charge >= 0.3 is 0 Å². The van der Waals surface area contributed by atoms with Gasteiger partial charge in [0.15, 0.2) is 0 Å². The zero-order chi connectivity index (χ0) is 13.6. The maximum absolute atomic E-state index is 4.40. The fourth-order valence-electron chi connectivity index (χ4n) is 0.994. The lowest BCUT2D eigenvalue weighted by atomic mass is 10.5. The van der Waals surface area contributed by atoms with Gasteiger partial charge in [-0.1, -0.05) is 21.6 Å². The van der Waals surface area contributed by atoms with E-state index < -0.39 is 0 Å². The van der Waals surface area contributed by atoms with E-state index in [0.717, 1.165) is 34.5 Å². The molecule has 0 heterocycles. The fourth-order valence-corrected chi connectivity index (χ4v) is 7.94. The molecule has 8 heteroatoms. The molecule has 0 nitrogen and oxygen atoms in total. The number of thioether (sulfide) groups is 2. The van der Waals surface area contributed by atoms with Gasteiger partial charge in [-0.3, -0.25) is 0 Å². The maximum atomic E-state index is 4.40. The summed E-state index contributed by atoms with van der Waals surface area (Å²) < 4.78 is 0. The van der Waals surface area contributed by atoms with E-state index in [1.165, 1.54) is 11.5 Å². The monoisotopic (exact) mass is 398 g/mol. The summed E-state index contributed by atoms with van der Waals surface area (Å²) in [7, 11) is 3.94. The van der Waals surface area contributed by atoms with Gasteiger partial charge in [-0.2, -0.15) is 74.0 Å². The summed E-state index contributed by atoms with van der Waals surface area (Å²) in [6, 6.07) is 0. The Kier molecular flexibility index (Phi) is 18.7. The van der Waals surface area contributed by atoms with Gasteiger partial charge in [0, 0.05) is 45.0 Å². The first kappa shape index (κ1) is 20.8. The first-order chi connectivity index (χ1) is 8.78. The number of rotatable bonds is 13. The molecule has 0 amide bonds. The van der Waals surface area contributed by atoms with Gasteiger partial charge in [0.2, 0.25) is 0 Å². The van der Waals surface area contributed by atoms with E-state index in [9.17, 15) is 0 Å². The smallest absolute Gasteiger partial charge is 0.0234 e. The van der Waals surface area contributed by atoms with Gasteiger partial charge in [0.05, 0.1) is 0 Å². The summed E-state index contributed by atoms with van der Waals surface area (Å²) >= 11 is 21.3. The van der Waals surface area contributed by atoms with Crippen LogP contribution in [0.5, 0.6) is 0 Å². The highest BCUT2D eigenvalue weighted by Gasteiger charge is 2.10. The predicted molar refractivity (Wildman–Crippen MR) is 113 cm³/mol. The Morgan fingerprint density at radius 2 is 1.06 bits per heavy atom. The van der Waals surface area contributed by atoms with Crippen LogP contribution in [0.1, 0.15) is 0 Å². The molecule has 0 radical (unpaired) electrons. The Morgan fingerprint density at radius 1 is 0.667 bits per heavy atom. The second-order valence-corrected chi connectivity index (χ2v) is 10.4. The first-order valence-corrected chi connectivity index (χ1v) is 12.8. The number of hydrogen-bond donors (Lipinski definition) is 4. The summed E-state index contributed by atoms with van der Waals surface area (Å²) in [6.07, 6.45) is 0. The average molecular weight is 399 g/mol. The minimum atomic E-state index is 0.650. The van der Waals surface area contributed by atoms with Crippen molar-refractivity contribution in [3.05, 3.63) is 0 Å². The highest BCUT2D eigenvalue weighted by atomic mass is 33.1. The van der Waals surface area contributed by atoms with Crippen molar-refractivity contribution in [1.82, 2.24) is 0 Å². The lowest BCUT2D eigenvalue weighted by Crippen LogP contribution is -2.11. The quantitative estimate of drug-likeness (QED) is 0.207. The molecular formula is C10H22S8. The van der Waals surface area contributed by atoms with Crippen molar-refractivity contribution >= 4 is 95.6 Å². The van der Waals surface area contributed by atoms with Crippen molar-refractivity contribution in [1.29, 1.82) is 0 Å². The molecule has 110 valence electrons. The van der Waals surface area contributed by atoms with Crippen LogP contribution in [0.2, 0.25) is 0 Å². The normalized spacial score (nSPS) is 14.7. The lowest BCUT2D eigenvalue weighted by Gasteiger charge is -2.15. The van der Waals surface area contributed by atoms with E-state index in [2.05, 4.69) is 50.5 Å². The third-order valence-corrected chi connectivity index (χ3v) is 9.79. The SMILES string of the molecule is SCCSC(CS)CSSCC(CS)SCCS. The minimum Gasteiger partial charge on any atom is -0.179 e. The van der Waals surface area contributed by atoms with Crippen molar-refractivity contribution in [2.75, 3.05) is 46.0 Å². The van der Waals surface area contributed by atoms with Crippen LogP contribution in [0.4, 0.5) is 0 Å². The minimum absolute atomic E-state index is 0.650. The van der Waals surface area contributed by atoms with E-state index in [4.69, 9.17) is 0 Å². The van der Waals surface area contributed by atoms with Crippen LogP contribution in [0.15, 0.2) is 0 Å². The second kappa shape index (κ2) is 16.2. The molecule has 0 aromatic heterocycles. The van der Waals surface area contributed by atoms with E-state index in [1.807, 2.05) is 45.1 Å². The molecule has 0 aliphatic heterocycles. The van der Waals surface area contributed by atoms with Gasteiger partial charge in [-0.15, -0.1) is 0 Å². The largest absolute Gasteiger partial charge is 0.179 e. The van der Waals surface area contributed by atoms with Crippen molar-refractivity contribution in [2.45, 2.75) is 10.5 Å². The Hall–Kier alpha value is 2.80. The van der Waals surface area contributed by atoms with Gasteiger partial charge in [0.1, 0.15) is 0 Å². The van der Waals surface area contributed by atoms with Crippen LogP contribution in [0.25, 0.3) is 0 Å². The molecule has 0 saturated carbocycles. The molecule has 0 rings (SSSR count). The van der Waals surface area contributed by atoms with Gasteiger partial charge < -0.3 is 0 Å². The summed E-state index contributed by atoms with van der Waals surface area (Å²) in [5.41, 5.74) is 0. The zero-order valence-corrected chi connectivity index (χ0v) is 17.1. The zero-order valence-electron chi connectivity index (χ0n) is 10.2. The van der Waals surface area contributed by atoms with Gasteiger partial charge in [0.25, 0.3) is 0 Å². The van der Waals surface area contributed by atoms with Crippen LogP contribution in [-0.4, -0.2) is 56.5 Å². The molecule has 0 fully saturated rings. The Bertz CT molecular complexity index is 150. The van der Waals surface area contributed by atoms with E-state index in [0.29, 0.717) is 10.5 Å². The van der Waals surface area contributed by atoms with Crippen LogP contribution < -0.4 is 0 Å². The second-order valence-electron chi connectivity index (χ2n) is 3.37. The lowest BCUT2D eigenvalue weighted by molar-refractivity contribution is 1.15. The fraction of sp³-hybridized carbons (Fsp3) is 1.00. The molecule has 0 aromatic carbocycles. The van der Waals surface area contributed by atoms with Gasteiger partial charge in [-0.05, 0) is 11.5 Å². The summed E-state index contributed by atoms with van der Waals surface area (Å²) in [5, 5.41) is 1.30. The van der Waals surface area contributed by atoms with E-state index >= 15 is 0 Å². The van der Waals surface area contributed by atoms with Gasteiger partial charge in [-0.25, -0.2) is 0 Å². The molecular weight excluding hydrogens is 377 g/mol. The van der Waals surface area contributed by atoms with Crippen LogP contribution >= 0.6 is 95.6 Å².